The molecule has 6 heteroatoms. The minimum Gasteiger partial charge on any atom is -0.549 e. The third-order valence-electron chi connectivity index (χ3n) is 0.296. The van der Waals surface area contributed by atoms with Crippen LogP contribution in [0.4, 0.5) is 0 Å². The van der Waals surface area contributed by atoms with Gasteiger partial charge in [0.25, 0.3) is 0 Å². The number of carboxylic acids is 1. The van der Waals surface area contributed by atoms with Crippen LogP contribution in [-0.4, -0.2) is 30.8 Å². The summed E-state index contributed by atoms with van der Waals surface area (Å²) < 4.78 is 0. The first-order valence-corrected chi connectivity index (χ1v) is 2.39. The number of hydrogen-bond donors (Lipinski definition) is 3. The predicted molar refractivity (Wildman–Crippen MR) is 32.3 cm³/mol. The van der Waals surface area contributed by atoms with Gasteiger partial charge in [-0.3, -0.25) is 0 Å². The first-order valence-electron chi connectivity index (χ1n) is 2.39. The number of carboxylic acid groups (broad SMARTS) is 1. The van der Waals surface area contributed by atoms with Crippen molar-refractivity contribution in [2.24, 2.45) is 11.5 Å². The molecule has 0 heterocycles. The van der Waals surface area contributed by atoms with Gasteiger partial charge in [0.15, 0.2) is 0 Å². The molecule has 0 atom stereocenters. The Morgan fingerprint density at radius 3 is 1.80 bits per heavy atom. The van der Waals surface area contributed by atoms with Crippen LogP contribution >= 0.6 is 0 Å². The topological polar surface area (TPSA) is 112 Å². The summed E-state index contributed by atoms with van der Waals surface area (Å²) >= 11 is 0. The van der Waals surface area contributed by atoms with Crippen molar-refractivity contribution in [3.05, 3.63) is 0 Å². The van der Waals surface area contributed by atoms with E-state index in [1.54, 1.807) is 0 Å². The van der Waals surface area contributed by atoms with Gasteiger partial charge in [-0.1, -0.05) is 0 Å². The maximum Gasteiger partial charge on any atom is 1.00 e. The Kier molecular flexibility index (Phi) is 28.4. The second kappa shape index (κ2) is 16.5. The van der Waals surface area contributed by atoms with Crippen LogP contribution < -0.4 is 68.0 Å². The fraction of sp³-hybridized carbons (Fsp3) is 0.750. The Morgan fingerprint density at radius 2 is 1.80 bits per heavy atom. The van der Waals surface area contributed by atoms with Crippen molar-refractivity contribution in [3.63, 3.8) is 0 Å². The Balaban J connectivity index is -0.0000000383. The average Bonchev–Trinajstić information content (AvgIpc) is 1.89. The van der Waals surface area contributed by atoms with Gasteiger partial charge in [0.05, 0.1) is 12.6 Å². The molecule has 10 heavy (non-hydrogen) atoms. The quantitative estimate of drug-likeness (QED) is 0.362. The Bertz CT molecular complexity index is 74.4. The molecule has 58 valence electrons. The van der Waals surface area contributed by atoms with Gasteiger partial charge in [-0.05, 0) is 0 Å². The number of nitrogens with two attached hydrogens (primary N) is 2. The third-order valence-corrected chi connectivity index (χ3v) is 0.296. The number of aliphatic hydroxyl groups is 1. The van der Waals surface area contributed by atoms with Gasteiger partial charge in [-0.2, -0.15) is 0 Å². The van der Waals surface area contributed by atoms with Crippen LogP contribution in [-0.2, 0) is 4.79 Å². The van der Waals surface area contributed by atoms with Gasteiger partial charge in [-0.15, -0.1) is 0 Å². The normalized spacial score (nSPS) is 6.70. The summed E-state index contributed by atoms with van der Waals surface area (Å²) in [5.74, 6) is -1.22. The molecule has 0 amide bonds. The molecular formula is C4H13KN2O3. The van der Waals surface area contributed by atoms with E-state index in [0.29, 0.717) is 6.54 Å². The molecule has 0 aromatic heterocycles. The summed E-state index contributed by atoms with van der Waals surface area (Å²) in [5.41, 5.74) is 9.29. The van der Waals surface area contributed by atoms with E-state index in [-0.39, 0.29) is 66.0 Å². The molecule has 0 spiro atoms. The van der Waals surface area contributed by atoms with Crippen molar-refractivity contribution in [1.29, 1.82) is 0 Å². The van der Waals surface area contributed by atoms with Crippen LogP contribution in [0.2, 0.25) is 0 Å². The van der Waals surface area contributed by atoms with Gasteiger partial charge >= 0.3 is 51.4 Å². The van der Waals surface area contributed by atoms with Crippen molar-refractivity contribution in [3.8, 4) is 0 Å². The SMILES string of the molecule is NCC(=O)[O-].NCCO.[HH].[K+]. The molecule has 0 aromatic rings. The van der Waals surface area contributed by atoms with E-state index in [1.165, 1.54) is 0 Å². The monoisotopic (exact) mass is 176 g/mol. The second-order valence-corrected chi connectivity index (χ2v) is 1.09. The molecule has 5 N–H and O–H groups in total. The molecule has 0 aliphatic carbocycles. The van der Waals surface area contributed by atoms with Crippen LogP contribution in [0.5, 0.6) is 0 Å². The minimum absolute atomic E-state index is 0. The van der Waals surface area contributed by atoms with Crippen LogP contribution in [0.25, 0.3) is 0 Å². The zero-order valence-corrected chi connectivity index (χ0v) is 9.16. The Morgan fingerprint density at radius 1 is 1.60 bits per heavy atom. The predicted octanol–water partition coefficient (Wildman–Crippen LogP) is -6.12. The number of carbonyl (C=O) groups is 1. The molecule has 0 aromatic carbocycles. The minimum atomic E-state index is -1.22. The molecule has 0 rings (SSSR count). The second-order valence-electron chi connectivity index (χ2n) is 1.09. The van der Waals surface area contributed by atoms with E-state index < -0.39 is 5.97 Å². The zero-order chi connectivity index (χ0) is 7.70. The summed E-state index contributed by atoms with van der Waals surface area (Å²) in [7, 11) is 0. The molecule has 0 fully saturated rings. The molecule has 0 saturated heterocycles. The summed E-state index contributed by atoms with van der Waals surface area (Å²) in [6, 6.07) is 0. The first kappa shape index (κ1) is 17.2. The summed E-state index contributed by atoms with van der Waals surface area (Å²) in [6.07, 6.45) is 0. The molecule has 0 unspecified atom stereocenters. The van der Waals surface area contributed by atoms with Crippen LogP contribution in [0.3, 0.4) is 0 Å². The average molecular weight is 176 g/mol. The molecule has 0 aliphatic heterocycles. The van der Waals surface area contributed by atoms with E-state index in [9.17, 15) is 0 Å². The summed E-state index contributed by atoms with van der Waals surface area (Å²) in [4.78, 5) is 9.13. The number of rotatable bonds is 2. The van der Waals surface area contributed by atoms with Crippen molar-refractivity contribution in [2.45, 2.75) is 0 Å². The van der Waals surface area contributed by atoms with Gasteiger partial charge in [0, 0.05) is 14.5 Å². The number of carbonyl (C=O) groups excluding carboxylic acids is 1. The Labute approximate surface area is 104 Å². The Hall–Kier alpha value is 0.986. The van der Waals surface area contributed by atoms with Crippen LogP contribution in [0.1, 0.15) is 1.43 Å². The largest absolute Gasteiger partial charge is 1.00 e. The van der Waals surface area contributed by atoms with Crippen LogP contribution in [0.15, 0.2) is 0 Å². The van der Waals surface area contributed by atoms with Crippen molar-refractivity contribution in [1.82, 2.24) is 0 Å². The standard InChI is InChI=1S/C2H5NO2.C2H7NO.K.H2/c3-1-2(4)5;3-1-2-4;;/h1,3H2,(H,4,5);4H,1-3H2;;1H/q;;+1;/p-1. The molecular weight excluding hydrogens is 163 g/mol. The number of aliphatic carboxylic acids is 1. The van der Waals surface area contributed by atoms with Crippen molar-refractivity contribution < 1.29 is 67.8 Å². The smallest absolute Gasteiger partial charge is 0.549 e. The van der Waals surface area contributed by atoms with E-state index in [4.69, 9.17) is 20.7 Å². The number of aliphatic hydroxyl groups excluding tert-OH is 1. The van der Waals surface area contributed by atoms with Gasteiger partial charge in [-0.25, -0.2) is 0 Å². The van der Waals surface area contributed by atoms with Crippen molar-refractivity contribution >= 4 is 5.97 Å². The summed E-state index contributed by atoms with van der Waals surface area (Å²) in [6.45, 7) is 0.0833. The van der Waals surface area contributed by atoms with Crippen molar-refractivity contribution in [2.75, 3.05) is 19.7 Å². The van der Waals surface area contributed by atoms with E-state index in [0.717, 1.165) is 0 Å². The number of hydrogen-bond acceptors (Lipinski definition) is 5. The molecule has 0 aliphatic rings. The molecule has 5 nitrogen and oxygen atoms in total. The maximum atomic E-state index is 9.13. The molecule has 0 bridgehead atoms. The van der Waals surface area contributed by atoms with Gasteiger partial charge in [0.1, 0.15) is 0 Å². The fourth-order valence-corrected chi connectivity index (χ4v) is 0. The van der Waals surface area contributed by atoms with E-state index in [2.05, 4.69) is 5.73 Å². The summed E-state index contributed by atoms with van der Waals surface area (Å²) in [5, 5.41) is 16.9. The zero-order valence-electron chi connectivity index (χ0n) is 6.04. The van der Waals surface area contributed by atoms with Gasteiger partial charge in [0.2, 0.25) is 0 Å². The maximum absolute atomic E-state index is 9.13. The first-order chi connectivity index (χ1) is 4.18. The van der Waals surface area contributed by atoms with E-state index >= 15 is 0 Å². The van der Waals surface area contributed by atoms with Crippen LogP contribution in [0, 0.1) is 0 Å². The van der Waals surface area contributed by atoms with E-state index in [1.807, 2.05) is 0 Å². The fourth-order valence-electron chi connectivity index (χ4n) is 0. The molecule has 0 radical (unpaired) electrons. The molecule has 0 saturated carbocycles. The van der Waals surface area contributed by atoms with Gasteiger partial charge < -0.3 is 26.5 Å². The third kappa shape index (κ3) is 36.1.